The maximum Gasteiger partial charge on any atom is 0.137 e. The van der Waals surface area contributed by atoms with Gasteiger partial charge in [-0.15, -0.1) is 0 Å². The summed E-state index contributed by atoms with van der Waals surface area (Å²) in [4.78, 5) is 0. The standard InChI is InChI=1S/C15H14BrFO2/c1-19-11-7-5-10(6-8-11)9-14(18)12-3-2-4-13(17)15(12)16/h2-8,14,18H,9H2,1H3. The van der Waals surface area contributed by atoms with Gasteiger partial charge in [0.15, 0.2) is 0 Å². The van der Waals surface area contributed by atoms with Crippen LogP contribution in [0.5, 0.6) is 5.75 Å². The highest BCUT2D eigenvalue weighted by Crippen LogP contribution is 2.28. The first kappa shape index (κ1) is 14.0. The predicted octanol–water partition coefficient (Wildman–Crippen LogP) is 3.87. The lowest BCUT2D eigenvalue weighted by atomic mass is 10.0. The second kappa shape index (κ2) is 6.17. The SMILES string of the molecule is COc1ccc(CC(O)c2cccc(F)c2Br)cc1. The number of hydrogen-bond donors (Lipinski definition) is 1. The van der Waals surface area contributed by atoms with E-state index in [1.54, 1.807) is 19.2 Å². The maximum atomic E-state index is 13.4. The van der Waals surface area contributed by atoms with Crippen LogP contribution < -0.4 is 4.74 Å². The number of hydrogen-bond acceptors (Lipinski definition) is 2. The molecule has 0 fully saturated rings. The molecule has 0 amide bonds. The van der Waals surface area contributed by atoms with Crippen LogP contribution in [0.1, 0.15) is 17.2 Å². The Morgan fingerprint density at radius 1 is 1.21 bits per heavy atom. The summed E-state index contributed by atoms with van der Waals surface area (Å²) in [5.41, 5.74) is 1.51. The van der Waals surface area contributed by atoms with Gasteiger partial charge in [-0.1, -0.05) is 24.3 Å². The number of aliphatic hydroxyl groups is 1. The van der Waals surface area contributed by atoms with Crippen LogP contribution in [0.2, 0.25) is 0 Å². The molecule has 4 heteroatoms. The van der Waals surface area contributed by atoms with Crippen LogP contribution in [0.4, 0.5) is 4.39 Å². The van der Waals surface area contributed by atoms with Gasteiger partial charge < -0.3 is 9.84 Å². The van der Waals surface area contributed by atoms with Crippen molar-refractivity contribution in [2.24, 2.45) is 0 Å². The van der Waals surface area contributed by atoms with E-state index in [2.05, 4.69) is 15.9 Å². The molecule has 0 bridgehead atoms. The molecule has 0 radical (unpaired) electrons. The molecule has 2 rings (SSSR count). The van der Waals surface area contributed by atoms with Gasteiger partial charge in [-0.3, -0.25) is 0 Å². The molecule has 0 aliphatic carbocycles. The molecule has 0 aliphatic rings. The van der Waals surface area contributed by atoms with Gasteiger partial charge in [-0.2, -0.15) is 0 Å². The van der Waals surface area contributed by atoms with Crippen molar-refractivity contribution < 1.29 is 14.2 Å². The van der Waals surface area contributed by atoms with Gasteiger partial charge in [-0.05, 0) is 45.3 Å². The van der Waals surface area contributed by atoms with Crippen LogP contribution in [0.15, 0.2) is 46.9 Å². The topological polar surface area (TPSA) is 29.5 Å². The van der Waals surface area contributed by atoms with E-state index in [9.17, 15) is 9.50 Å². The number of halogens is 2. The minimum absolute atomic E-state index is 0.316. The molecule has 1 unspecified atom stereocenters. The molecule has 2 aromatic rings. The van der Waals surface area contributed by atoms with E-state index in [1.165, 1.54) is 6.07 Å². The fourth-order valence-electron chi connectivity index (χ4n) is 1.87. The third-order valence-corrected chi connectivity index (χ3v) is 3.77. The molecule has 100 valence electrons. The number of rotatable bonds is 4. The third-order valence-electron chi connectivity index (χ3n) is 2.93. The molecular formula is C15H14BrFO2. The van der Waals surface area contributed by atoms with Gasteiger partial charge in [0.1, 0.15) is 11.6 Å². The van der Waals surface area contributed by atoms with Gasteiger partial charge in [0.25, 0.3) is 0 Å². The predicted molar refractivity (Wildman–Crippen MR) is 75.8 cm³/mol. The van der Waals surface area contributed by atoms with E-state index in [0.717, 1.165) is 11.3 Å². The Bertz CT molecular complexity index is 555. The number of methoxy groups -OCH3 is 1. The Hall–Kier alpha value is -1.39. The molecule has 0 heterocycles. The number of aliphatic hydroxyl groups excluding tert-OH is 1. The van der Waals surface area contributed by atoms with Crippen LogP contribution >= 0.6 is 15.9 Å². The first-order valence-electron chi connectivity index (χ1n) is 5.86. The maximum absolute atomic E-state index is 13.4. The molecule has 1 N–H and O–H groups in total. The minimum atomic E-state index is -0.751. The lowest BCUT2D eigenvalue weighted by Gasteiger charge is -2.13. The number of ether oxygens (including phenoxy) is 1. The normalized spacial score (nSPS) is 12.2. The molecule has 2 aromatic carbocycles. The summed E-state index contributed by atoms with van der Waals surface area (Å²) in [5, 5.41) is 10.2. The highest BCUT2D eigenvalue weighted by atomic mass is 79.9. The molecule has 1 atom stereocenters. The fourth-order valence-corrected chi connectivity index (χ4v) is 2.40. The average Bonchev–Trinajstić information content (AvgIpc) is 2.42. The van der Waals surface area contributed by atoms with Crippen molar-refractivity contribution in [3.8, 4) is 5.75 Å². The zero-order valence-electron chi connectivity index (χ0n) is 10.4. The number of benzene rings is 2. The van der Waals surface area contributed by atoms with E-state index < -0.39 is 6.10 Å². The highest BCUT2D eigenvalue weighted by molar-refractivity contribution is 9.10. The van der Waals surface area contributed by atoms with Crippen molar-refractivity contribution in [1.29, 1.82) is 0 Å². The van der Waals surface area contributed by atoms with Crippen molar-refractivity contribution >= 4 is 15.9 Å². The largest absolute Gasteiger partial charge is 0.497 e. The van der Waals surface area contributed by atoms with Gasteiger partial charge in [-0.25, -0.2) is 4.39 Å². The van der Waals surface area contributed by atoms with Crippen LogP contribution in [0, 0.1) is 5.82 Å². The Balaban J connectivity index is 2.15. The zero-order chi connectivity index (χ0) is 13.8. The second-order valence-electron chi connectivity index (χ2n) is 4.21. The van der Waals surface area contributed by atoms with Crippen molar-refractivity contribution in [1.82, 2.24) is 0 Å². The lowest BCUT2D eigenvalue weighted by molar-refractivity contribution is 0.177. The van der Waals surface area contributed by atoms with Crippen molar-refractivity contribution in [3.63, 3.8) is 0 Å². The molecule has 2 nitrogen and oxygen atoms in total. The van der Waals surface area contributed by atoms with Gasteiger partial charge >= 0.3 is 0 Å². The smallest absolute Gasteiger partial charge is 0.137 e. The monoisotopic (exact) mass is 324 g/mol. The molecule has 0 aromatic heterocycles. The summed E-state index contributed by atoms with van der Waals surface area (Å²) in [6.07, 6.45) is -0.329. The molecule has 0 saturated carbocycles. The molecular weight excluding hydrogens is 311 g/mol. The van der Waals surface area contributed by atoms with E-state index in [1.807, 2.05) is 24.3 Å². The van der Waals surface area contributed by atoms with Crippen LogP contribution in [-0.2, 0) is 6.42 Å². The van der Waals surface area contributed by atoms with Crippen LogP contribution in [-0.4, -0.2) is 12.2 Å². The summed E-state index contributed by atoms with van der Waals surface area (Å²) in [6, 6.07) is 12.1. The highest BCUT2D eigenvalue weighted by Gasteiger charge is 2.14. The first-order valence-corrected chi connectivity index (χ1v) is 6.66. The zero-order valence-corrected chi connectivity index (χ0v) is 12.0. The van der Waals surface area contributed by atoms with Crippen LogP contribution in [0.25, 0.3) is 0 Å². The quantitative estimate of drug-likeness (QED) is 0.925. The average molecular weight is 325 g/mol. The van der Waals surface area contributed by atoms with E-state index in [-0.39, 0.29) is 5.82 Å². The Morgan fingerprint density at radius 2 is 1.89 bits per heavy atom. The van der Waals surface area contributed by atoms with Crippen LogP contribution in [0.3, 0.4) is 0 Å². The van der Waals surface area contributed by atoms with Gasteiger partial charge in [0, 0.05) is 6.42 Å². The van der Waals surface area contributed by atoms with Crippen molar-refractivity contribution in [3.05, 3.63) is 63.9 Å². The van der Waals surface area contributed by atoms with Crippen molar-refractivity contribution in [2.45, 2.75) is 12.5 Å². The van der Waals surface area contributed by atoms with E-state index in [0.29, 0.717) is 16.5 Å². The van der Waals surface area contributed by atoms with Crippen molar-refractivity contribution in [2.75, 3.05) is 7.11 Å². The Morgan fingerprint density at radius 3 is 2.53 bits per heavy atom. The summed E-state index contributed by atoms with van der Waals surface area (Å²) in [7, 11) is 1.60. The van der Waals surface area contributed by atoms with E-state index in [4.69, 9.17) is 4.74 Å². The Kier molecular flexibility index (Phi) is 4.56. The first-order chi connectivity index (χ1) is 9.11. The Labute approximate surface area is 120 Å². The molecule has 0 saturated heterocycles. The third kappa shape index (κ3) is 3.33. The summed E-state index contributed by atoms with van der Waals surface area (Å²) in [6.45, 7) is 0. The second-order valence-corrected chi connectivity index (χ2v) is 5.00. The minimum Gasteiger partial charge on any atom is -0.497 e. The summed E-state index contributed by atoms with van der Waals surface area (Å²) in [5.74, 6) is 0.399. The summed E-state index contributed by atoms with van der Waals surface area (Å²) < 4.78 is 18.8. The molecule has 19 heavy (non-hydrogen) atoms. The summed E-state index contributed by atoms with van der Waals surface area (Å²) >= 11 is 3.16. The fraction of sp³-hybridized carbons (Fsp3) is 0.200. The lowest BCUT2D eigenvalue weighted by Crippen LogP contribution is -2.03. The molecule has 0 spiro atoms. The van der Waals surface area contributed by atoms with E-state index >= 15 is 0 Å². The van der Waals surface area contributed by atoms with Gasteiger partial charge in [0.2, 0.25) is 0 Å². The van der Waals surface area contributed by atoms with Gasteiger partial charge in [0.05, 0.1) is 17.7 Å². The molecule has 0 aliphatic heterocycles.